The lowest BCUT2D eigenvalue weighted by atomic mass is 10.0. The zero-order chi connectivity index (χ0) is 15.5. The van der Waals surface area contributed by atoms with E-state index in [4.69, 9.17) is 0 Å². The number of aliphatic hydroxyl groups excluding tert-OH is 1. The van der Waals surface area contributed by atoms with E-state index in [9.17, 15) is 9.90 Å². The van der Waals surface area contributed by atoms with Gasteiger partial charge in [0.1, 0.15) is 6.10 Å². The van der Waals surface area contributed by atoms with Gasteiger partial charge in [0, 0.05) is 0 Å². The molecule has 0 bridgehead atoms. The molecule has 0 amide bonds. The molecule has 0 radical (unpaired) electrons. The number of allylic oxidation sites excluding steroid dienone is 5. The van der Waals surface area contributed by atoms with Gasteiger partial charge < -0.3 is 5.11 Å². The zero-order valence-electron chi connectivity index (χ0n) is 13.7. The van der Waals surface area contributed by atoms with Crippen molar-refractivity contribution in [2.24, 2.45) is 0 Å². The fraction of sp³-hybridized carbons (Fsp3) is 0.611. The van der Waals surface area contributed by atoms with Crippen LogP contribution in [0, 0.1) is 0 Å². The number of hydrogen-bond acceptors (Lipinski definition) is 2. The summed E-state index contributed by atoms with van der Waals surface area (Å²) in [6.45, 7) is 9.91. The Morgan fingerprint density at radius 2 is 1.40 bits per heavy atom. The maximum atomic E-state index is 10.9. The van der Waals surface area contributed by atoms with Gasteiger partial charge in [-0.1, -0.05) is 34.9 Å². The molecule has 2 heteroatoms. The quantitative estimate of drug-likeness (QED) is 0.618. The molecular weight excluding hydrogens is 248 g/mol. The Hall–Kier alpha value is -1.15. The van der Waals surface area contributed by atoms with Gasteiger partial charge in [-0.3, -0.25) is 4.79 Å². The highest BCUT2D eigenvalue weighted by molar-refractivity contribution is 5.80. The number of carbonyl (C=O) groups excluding carboxylic acids is 1. The maximum Gasteiger partial charge on any atom is 0.158 e. The Balaban J connectivity index is 3.99. The van der Waals surface area contributed by atoms with Gasteiger partial charge in [0.25, 0.3) is 0 Å². The smallest absolute Gasteiger partial charge is 0.158 e. The summed E-state index contributed by atoms with van der Waals surface area (Å²) in [5.74, 6) is -0.163. The Morgan fingerprint density at radius 1 is 0.900 bits per heavy atom. The molecule has 0 saturated carbocycles. The van der Waals surface area contributed by atoms with Gasteiger partial charge in [0.2, 0.25) is 0 Å². The molecule has 0 aliphatic heterocycles. The minimum Gasteiger partial charge on any atom is -0.385 e. The first-order valence-electron chi connectivity index (χ1n) is 7.46. The highest BCUT2D eigenvalue weighted by Gasteiger charge is 2.06. The van der Waals surface area contributed by atoms with E-state index in [-0.39, 0.29) is 5.78 Å². The lowest BCUT2D eigenvalue weighted by Gasteiger charge is -2.04. The average molecular weight is 278 g/mol. The molecule has 0 saturated heterocycles. The molecule has 1 unspecified atom stereocenters. The largest absolute Gasteiger partial charge is 0.385 e. The highest BCUT2D eigenvalue weighted by atomic mass is 16.3. The molecule has 2 nitrogen and oxygen atoms in total. The van der Waals surface area contributed by atoms with Crippen molar-refractivity contribution in [3.8, 4) is 0 Å². The molecule has 0 rings (SSSR count). The normalized spacial score (nSPS) is 14.1. The second-order valence-electron chi connectivity index (χ2n) is 5.82. The molecule has 20 heavy (non-hydrogen) atoms. The SMILES string of the molecule is CC(=O)C(O)C/C=C(/C)CCC=C(C)CCC=C(C)C. The summed E-state index contributed by atoms with van der Waals surface area (Å²) in [5, 5.41) is 9.42. The zero-order valence-corrected chi connectivity index (χ0v) is 13.7. The number of Topliss-reactive ketones (excluding diaryl/α,β-unsaturated/α-hetero) is 1. The standard InChI is InChI=1S/C18H30O2/c1-14(2)8-6-9-15(3)10-7-11-16(4)12-13-18(20)17(5)19/h8,10,12,18,20H,6-7,9,11,13H2,1-5H3/b15-10?,16-12-. The lowest BCUT2D eigenvalue weighted by Crippen LogP contribution is -2.15. The van der Waals surface area contributed by atoms with E-state index in [1.165, 1.54) is 23.6 Å². The van der Waals surface area contributed by atoms with Crippen molar-refractivity contribution in [2.75, 3.05) is 0 Å². The van der Waals surface area contributed by atoms with Gasteiger partial charge in [0.15, 0.2) is 5.78 Å². The van der Waals surface area contributed by atoms with Crippen molar-refractivity contribution in [1.29, 1.82) is 0 Å². The van der Waals surface area contributed by atoms with Crippen LogP contribution >= 0.6 is 0 Å². The monoisotopic (exact) mass is 278 g/mol. The molecule has 0 heterocycles. The van der Waals surface area contributed by atoms with E-state index >= 15 is 0 Å². The van der Waals surface area contributed by atoms with E-state index in [1.807, 2.05) is 6.08 Å². The second kappa shape index (κ2) is 10.6. The third kappa shape index (κ3) is 10.7. The summed E-state index contributed by atoms with van der Waals surface area (Å²) < 4.78 is 0. The second-order valence-corrected chi connectivity index (χ2v) is 5.82. The van der Waals surface area contributed by atoms with Gasteiger partial charge in [0.05, 0.1) is 0 Å². The molecule has 1 N–H and O–H groups in total. The summed E-state index contributed by atoms with van der Waals surface area (Å²) in [4.78, 5) is 10.9. The Morgan fingerprint density at radius 3 is 1.90 bits per heavy atom. The van der Waals surface area contributed by atoms with E-state index in [2.05, 4.69) is 39.8 Å². The maximum absolute atomic E-state index is 10.9. The first-order valence-corrected chi connectivity index (χ1v) is 7.46. The van der Waals surface area contributed by atoms with Crippen LogP contribution in [-0.2, 0) is 4.79 Å². The minimum absolute atomic E-state index is 0.163. The summed E-state index contributed by atoms with van der Waals surface area (Å²) in [6, 6.07) is 0. The van der Waals surface area contributed by atoms with Gasteiger partial charge >= 0.3 is 0 Å². The lowest BCUT2D eigenvalue weighted by molar-refractivity contribution is -0.124. The summed E-state index contributed by atoms with van der Waals surface area (Å²) in [7, 11) is 0. The van der Waals surface area contributed by atoms with Gasteiger partial charge in [-0.25, -0.2) is 0 Å². The number of carbonyl (C=O) groups is 1. The van der Waals surface area contributed by atoms with Gasteiger partial charge in [-0.05, 0) is 66.7 Å². The van der Waals surface area contributed by atoms with E-state index in [1.54, 1.807) is 0 Å². The first-order chi connectivity index (χ1) is 9.32. The topological polar surface area (TPSA) is 37.3 Å². The van der Waals surface area contributed by atoms with E-state index in [0.29, 0.717) is 6.42 Å². The Labute approximate surface area is 124 Å². The summed E-state index contributed by atoms with van der Waals surface area (Å²) >= 11 is 0. The van der Waals surface area contributed by atoms with Crippen molar-refractivity contribution in [3.63, 3.8) is 0 Å². The van der Waals surface area contributed by atoms with Crippen LogP contribution in [0.3, 0.4) is 0 Å². The molecular formula is C18H30O2. The third-order valence-corrected chi connectivity index (χ3v) is 3.28. The van der Waals surface area contributed by atoms with Crippen LogP contribution in [0.2, 0.25) is 0 Å². The van der Waals surface area contributed by atoms with Crippen LogP contribution in [0.15, 0.2) is 34.9 Å². The predicted octanol–water partition coefficient (Wildman–Crippen LogP) is 4.75. The van der Waals surface area contributed by atoms with Gasteiger partial charge in [-0.15, -0.1) is 0 Å². The first kappa shape index (κ1) is 18.9. The Bertz CT molecular complexity index is 382. The minimum atomic E-state index is -0.841. The number of hydrogen-bond donors (Lipinski definition) is 1. The average Bonchev–Trinajstić information content (AvgIpc) is 2.35. The Kier molecular flexibility index (Phi) is 10.0. The fourth-order valence-corrected chi connectivity index (χ4v) is 1.82. The molecule has 0 aromatic carbocycles. The van der Waals surface area contributed by atoms with Crippen molar-refractivity contribution in [3.05, 3.63) is 34.9 Å². The highest BCUT2D eigenvalue weighted by Crippen LogP contribution is 2.12. The van der Waals surface area contributed by atoms with Crippen LogP contribution in [0.5, 0.6) is 0 Å². The molecule has 0 aliphatic carbocycles. The molecule has 114 valence electrons. The van der Waals surface area contributed by atoms with Crippen LogP contribution < -0.4 is 0 Å². The van der Waals surface area contributed by atoms with Crippen LogP contribution in [0.25, 0.3) is 0 Å². The van der Waals surface area contributed by atoms with Gasteiger partial charge in [-0.2, -0.15) is 0 Å². The van der Waals surface area contributed by atoms with E-state index in [0.717, 1.165) is 25.7 Å². The summed E-state index contributed by atoms with van der Waals surface area (Å²) in [5.41, 5.74) is 4.04. The van der Waals surface area contributed by atoms with Crippen molar-refractivity contribution in [1.82, 2.24) is 0 Å². The summed E-state index contributed by atoms with van der Waals surface area (Å²) in [6.07, 6.45) is 10.4. The van der Waals surface area contributed by atoms with Crippen LogP contribution in [0.1, 0.15) is 66.7 Å². The van der Waals surface area contributed by atoms with Crippen molar-refractivity contribution in [2.45, 2.75) is 72.8 Å². The number of aliphatic hydroxyl groups is 1. The number of ketones is 1. The number of rotatable bonds is 9. The van der Waals surface area contributed by atoms with Crippen LogP contribution in [-0.4, -0.2) is 17.0 Å². The van der Waals surface area contributed by atoms with E-state index < -0.39 is 6.10 Å². The third-order valence-electron chi connectivity index (χ3n) is 3.28. The van der Waals surface area contributed by atoms with Crippen molar-refractivity contribution >= 4 is 5.78 Å². The molecule has 0 aromatic heterocycles. The van der Waals surface area contributed by atoms with Crippen LogP contribution in [0.4, 0.5) is 0 Å². The molecule has 0 aliphatic rings. The molecule has 0 fully saturated rings. The molecule has 0 aromatic rings. The molecule has 0 spiro atoms. The fourth-order valence-electron chi connectivity index (χ4n) is 1.82. The van der Waals surface area contributed by atoms with Crippen molar-refractivity contribution < 1.29 is 9.90 Å². The molecule has 1 atom stereocenters. The predicted molar refractivity (Wildman–Crippen MR) is 86.7 cm³/mol.